The molecule has 0 aromatic heterocycles. The Labute approximate surface area is 125 Å². The van der Waals surface area contributed by atoms with Crippen LogP contribution >= 0.6 is 0 Å². The summed E-state index contributed by atoms with van der Waals surface area (Å²) in [4.78, 5) is 24.2. The molecule has 1 aliphatic carbocycles. The topological polar surface area (TPSA) is 66.4 Å². The molecular weight excluding hydrogens is 266 g/mol. The molecule has 4 nitrogen and oxygen atoms in total. The molecule has 0 atom stereocenters. The quantitative estimate of drug-likeness (QED) is 0.840. The number of aryl methyl sites for hydroxylation is 2. The molecule has 1 aromatic carbocycles. The maximum atomic E-state index is 12.5. The van der Waals surface area contributed by atoms with E-state index in [9.17, 15) is 14.7 Å². The zero-order valence-corrected chi connectivity index (χ0v) is 12.7. The number of hydrogen-bond donors (Lipinski definition) is 2. The number of benzene rings is 1. The van der Waals surface area contributed by atoms with Crippen molar-refractivity contribution in [3.8, 4) is 0 Å². The van der Waals surface area contributed by atoms with Crippen LogP contribution in [0.15, 0.2) is 18.2 Å². The van der Waals surface area contributed by atoms with Crippen LogP contribution in [0.5, 0.6) is 0 Å². The van der Waals surface area contributed by atoms with Crippen LogP contribution in [0.2, 0.25) is 0 Å². The van der Waals surface area contributed by atoms with Crippen LogP contribution in [0.4, 0.5) is 0 Å². The van der Waals surface area contributed by atoms with Gasteiger partial charge in [-0.1, -0.05) is 42.9 Å². The minimum atomic E-state index is -1.11. The van der Waals surface area contributed by atoms with Crippen molar-refractivity contribution in [3.05, 3.63) is 34.9 Å². The summed E-state index contributed by atoms with van der Waals surface area (Å²) in [5, 5.41) is 12.4. The lowest BCUT2D eigenvalue weighted by Crippen LogP contribution is -2.54. The molecule has 0 bridgehead atoms. The maximum Gasteiger partial charge on any atom is 0.329 e. The van der Waals surface area contributed by atoms with Gasteiger partial charge in [-0.3, -0.25) is 4.79 Å². The summed E-state index contributed by atoms with van der Waals surface area (Å²) >= 11 is 0. The van der Waals surface area contributed by atoms with Crippen molar-refractivity contribution < 1.29 is 14.7 Å². The summed E-state index contributed by atoms with van der Waals surface area (Å²) in [7, 11) is 0. The smallest absolute Gasteiger partial charge is 0.329 e. The van der Waals surface area contributed by atoms with Gasteiger partial charge >= 0.3 is 5.97 Å². The lowest BCUT2D eigenvalue weighted by atomic mass is 9.89. The van der Waals surface area contributed by atoms with E-state index in [-0.39, 0.29) is 5.91 Å². The number of hydrogen-bond acceptors (Lipinski definition) is 2. The number of rotatable bonds is 3. The van der Waals surface area contributed by atoms with Gasteiger partial charge in [-0.25, -0.2) is 4.79 Å². The van der Waals surface area contributed by atoms with Crippen LogP contribution in [0, 0.1) is 13.8 Å². The van der Waals surface area contributed by atoms with Crippen LogP contribution in [0.3, 0.4) is 0 Å². The van der Waals surface area contributed by atoms with Crippen LogP contribution in [-0.2, 0) is 4.79 Å². The van der Waals surface area contributed by atoms with Gasteiger partial charge in [0.2, 0.25) is 0 Å². The van der Waals surface area contributed by atoms with Gasteiger partial charge in [0.25, 0.3) is 5.91 Å². The number of aliphatic carboxylic acids is 1. The van der Waals surface area contributed by atoms with E-state index in [1.165, 1.54) is 0 Å². The number of carboxylic acids is 1. The second-order valence-corrected chi connectivity index (χ2v) is 6.13. The molecular formula is C17H23NO3. The highest BCUT2D eigenvalue weighted by atomic mass is 16.4. The van der Waals surface area contributed by atoms with Crippen molar-refractivity contribution in [1.82, 2.24) is 5.32 Å². The van der Waals surface area contributed by atoms with Gasteiger partial charge in [-0.05, 0) is 38.8 Å². The second-order valence-electron chi connectivity index (χ2n) is 6.13. The molecule has 2 rings (SSSR count). The minimum Gasteiger partial charge on any atom is -0.480 e. The Bertz CT molecular complexity index is 523. The number of amides is 1. The molecule has 1 fully saturated rings. The third kappa shape index (κ3) is 3.63. The standard InChI is InChI=1S/C17H23NO3/c1-12-9-13(2)11-14(10-12)15(19)18-17(16(20)21)7-5-3-4-6-8-17/h9-11H,3-8H2,1-2H3,(H,18,19)(H,20,21). The minimum absolute atomic E-state index is 0.286. The van der Waals surface area contributed by atoms with Gasteiger partial charge in [0, 0.05) is 5.56 Å². The highest BCUT2D eigenvalue weighted by Gasteiger charge is 2.40. The SMILES string of the molecule is Cc1cc(C)cc(C(=O)NC2(C(=O)O)CCCCCC2)c1. The summed E-state index contributed by atoms with van der Waals surface area (Å²) < 4.78 is 0. The first-order chi connectivity index (χ1) is 9.93. The van der Waals surface area contributed by atoms with Crippen molar-refractivity contribution in [3.63, 3.8) is 0 Å². The van der Waals surface area contributed by atoms with Crippen LogP contribution < -0.4 is 5.32 Å². The molecule has 0 heterocycles. The fourth-order valence-electron chi connectivity index (χ4n) is 3.12. The van der Waals surface area contributed by atoms with Gasteiger partial charge in [-0.15, -0.1) is 0 Å². The Morgan fingerprint density at radius 3 is 2.00 bits per heavy atom. The molecule has 114 valence electrons. The average Bonchev–Trinajstić information content (AvgIpc) is 2.64. The zero-order chi connectivity index (χ0) is 15.5. The van der Waals surface area contributed by atoms with Crippen LogP contribution in [0.1, 0.15) is 60.0 Å². The molecule has 1 aromatic rings. The van der Waals surface area contributed by atoms with Crippen molar-refractivity contribution in [1.29, 1.82) is 0 Å². The summed E-state index contributed by atoms with van der Waals surface area (Å²) in [6, 6.07) is 5.60. The van der Waals surface area contributed by atoms with E-state index in [2.05, 4.69) is 5.32 Å². The van der Waals surface area contributed by atoms with Gasteiger partial charge < -0.3 is 10.4 Å². The fourth-order valence-corrected chi connectivity index (χ4v) is 3.12. The molecule has 21 heavy (non-hydrogen) atoms. The van der Waals surface area contributed by atoms with Crippen LogP contribution in [0.25, 0.3) is 0 Å². The molecule has 4 heteroatoms. The zero-order valence-electron chi connectivity index (χ0n) is 12.7. The van der Waals surface area contributed by atoms with Crippen molar-refractivity contribution in [2.24, 2.45) is 0 Å². The maximum absolute atomic E-state index is 12.5. The van der Waals surface area contributed by atoms with Gasteiger partial charge in [0.05, 0.1) is 0 Å². The summed E-state index contributed by atoms with van der Waals surface area (Å²) in [6.45, 7) is 3.87. The van der Waals surface area contributed by atoms with Gasteiger partial charge in [0.1, 0.15) is 5.54 Å². The Morgan fingerprint density at radius 1 is 1.00 bits per heavy atom. The number of nitrogens with one attached hydrogen (secondary N) is 1. The van der Waals surface area contributed by atoms with Crippen molar-refractivity contribution in [2.45, 2.75) is 57.9 Å². The normalized spacial score (nSPS) is 17.8. The predicted octanol–water partition coefficient (Wildman–Crippen LogP) is 3.21. The van der Waals surface area contributed by atoms with E-state index in [0.717, 1.165) is 36.8 Å². The Balaban J connectivity index is 2.23. The van der Waals surface area contributed by atoms with Crippen LogP contribution in [-0.4, -0.2) is 22.5 Å². The lowest BCUT2D eigenvalue weighted by Gasteiger charge is -2.29. The van der Waals surface area contributed by atoms with Crippen molar-refractivity contribution >= 4 is 11.9 Å². The predicted molar refractivity (Wildman–Crippen MR) is 81.5 cm³/mol. The molecule has 2 N–H and O–H groups in total. The number of carbonyl (C=O) groups is 2. The summed E-state index contributed by atoms with van der Waals surface area (Å²) in [6.07, 6.45) is 4.79. The first kappa shape index (κ1) is 15.5. The van der Waals surface area contributed by atoms with E-state index < -0.39 is 11.5 Å². The summed E-state index contributed by atoms with van der Waals surface area (Å²) in [5.41, 5.74) is 1.44. The molecule has 1 saturated carbocycles. The van der Waals surface area contributed by atoms with E-state index >= 15 is 0 Å². The largest absolute Gasteiger partial charge is 0.480 e. The van der Waals surface area contributed by atoms with E-state index in [1.54, 1.807) is 12.1 Å². The molecule has 1 amide bonds. The number of carbonyl (C=O) groups excluding carboxylic acids is 1. The fraction of sp³-hybridized carbons (Fsp3) is 0.529. The average molecular weight is 289 g/mol. The summed E-state index contributed by atoms with van der Waals surface area (Å²) in [5.74, 6) is -1.20. The molecule has 0 radical (unpaired) electrons. The van der Waals surface area contributed by atoms with E-state index in [0.29, 0.717) is 18.4 Å². The monoisotopic (exact) mass is 289 g/mol. The molecule has 0 spiro atoms. The first-order valence-corrected chi connectivity index (χ1v) is 7.57. The third-order valence-electron chi connectivity index (χ3n) is 4.20. The Hall–Kier alpha value is -1.84. The Kier molecular flexibility index (Phi) is 4.66. The molecule has 0 aliphatic heterocycles. The number of carboxylic acid groups (broad SMARTS) is 1. The van der Waals surface area contributed by atoms with E-state index in [4.69, 9.17) is 0 Å². The van der Waals surface area contributed by atoms with Crippen molar-refractivity contribution in [2.75, 3.05) is 0 Å². The Morgan fingerprint density at radius 2 is 1.52 bits per heavy atom. The molecule has 0 saturated heterocycles. The molecule has 1 aliphatic rings. The van der Waals surface area contributed by atoms with Gasteiger partial charge in [0.15, 0.2) is 0 Å². The first-order valence-electron chi connectivity index (χ1n) is 7.57. The van der Waals surface area contributed by atoms with Gasteiger partial charge in [-0.2, -0.15) is 0 Å². The van der Waals surface area contributed by atoms with E-state index in [1.807, 2.05) is 19.9 Å². The lowest BCUT2D eigenvalue weighted by molar-refractivity contribution is -0.145. The third-order valence-corrected chi connectivity index (χ3v) is 4.20. The molecule has 0 unspecified atom stereocenters. The second kappa shape index (κ2) is 6.29. The highest BCUT2D eigenvalue weighted by Crippen LogP contribution is 2.28. The highest BCUT2D eigenvalue weighted by molar-refractivity contribution is 5.98.